The fraction of sp³-hybridized carbons (Fsp3) is 0.875. The zero-order chi connectivity index (χ0) is 10.1. The molecule has 0 heterocycles. The first-order chi connectivity index (χ1) is 6.22. The first kappa shape index (κ1) is 12.7. The first-order valence-electron chi connectivity index (χ1n) is 4.25. The molecule has 0 fully saturated rings. The molecule has 0 amide bonds. The minimum Gasteiger partial charge on any atom is -0.479 e. The van der Waals surface area contributed by atoms with Crippen LogP contribution in [0.3, 0.4) is 0 Å². The van der Waals surface area contributed by atoms with Crippen molar-refractivity contribution in [3.05, 3.63) is 0 Å². The molecule has 0 aliphatic carbocycles. The van der Waals surface area contributed by atoms with Gasteiger partial charge in [-0.15, -0.1) is 0 Å². The summed E-state index contributed by atoms with van der Waals surface area (Å²) in [4.78, 5) is 10.6. The second kappa shape index (κ2) is 8.34. The van der Waals surface area contributed by atoms with Gasteiger partial charge in [-0.2, -0.15) is 11.8 Å². The van der Waals surface area contributed by atoms with Crippen LogP contribution in [0.1, 0.15) is 13.3 Å². The predicted molar refractivity (Wildman–Crippen MR) is 52.1 cm³/mol. The fourth-order valence-electron chi connectivity index (χ4n) is 0.808. The Morgan fingerprint density at radius 2 is 2.31 bits per heavy atom. The van der Waals surface area contributed by atoms with E-state index in [0.717, 1.165) is 11.5 Å². The summed E-state index contributed by atoms with van der Waals surface area (Å²) >= 11 is 1.68. The van der Waals surface area contributed by atoms with Gasteiger partial charge in [-0.25, -0.2) is 4.79 Å². The molecule has 1 unspecified atom stereocenters. The van der Waals surface area contributed by atoms with Crippen molar-refractivity contribution in [2.24, 2.45) is 0 Å². The van der Waals surface area contributed by atoms with Crippen LogP contribution in [-0.2, 0) is 9.53 Å². The summed E-state index contributed by atoms with van der Waals surface area (Å²) in [6, 6.07) is 0. The lowest BCUT2D eigenvalue weighted by atomic mass is 10.3. The number of aliphatic hydroxyl groups excluding tert-OH is 1. The molecule has 0 spiro atoms. The standard InChI is InChI=1S/C8H16O4S/c1-2-13-6-3-7(8(10)11)12-5-4-9/h7,9H,2-6H2,1H3,(H,10,11). The Labute approximate surface area is 82.3 Å². The number of aliphatic carboxylic acids is 1. The van der Waals surface area contributed by atoms with Crippen molar-refractivity contribution in [3.63, 3.8) is 0 Å². The molecule has 78 valence electrons. The molecule has 0 aliphatic heterocycles. The van der Waals surface area contributed by atoms with E-state index in [1.807, 2.05) is 6.92 Å². The summed E-state index contributed by atoms with van der Waals surface area (Å²) in [6.07, 6.45) is -0.278. The van der Waals surface area contributed by atoms with Gasteiger partial charge in [0.1, 0.15) is 0 Å². The van der Waals surface area contributed by atoms with E-state index in [4.69, 9.17) is 14.9 Å². The van der Waals surface area contributed by atoms with Crippen molar-refractivity contribution >= 4 is 17.7 Å². The number of hydrogen-bond donors (Lipinski definition) is 2. The van der Waals surface area contributed by atoms with Gasteiger partial charge in [-0.3, -0.25) is 0 Å². The molecule has 0 rings (SSSR count). The Morgan fingerprint density at radius 3 is 2.77 bits per heavy atom. The highest BCUT2D eigenvalue weighted by Gasteiger charge is 2.16. The molecule has 0 aromatic rings. The summed E-state index contributed by atoms with van der Waals surface area (Å²) in [7, 11) is 0. The van der Waals surface area contributed by atoms with Crippen molar-refractivity contribution in [2.75, 3.05) is 24.7 Å². The van der Waals surface area contributed by atoms with E-state index < -0.39 is 12.1 Å². The van der Waals surface area contributed by atoms with E-state index >= 15 is 0 Å². The Bertz CT molecular complexity index is 140. The van der Waals surface area contributed by atoms with Gasteiger partial charge in [-0.05, 0) is 17.9 Å². The van der Waals surface area contributed by atoms with Crippen LogP contribution in [0, 0.1) is 0 Å². The molecule has 13 heavy (non-hydrogen) atoms. The van der Waals surface area contributed by atoms with E-state index in [0.29, 0.717) is 6.42 Å². The largest absolute Gasteiger partial charge is 0.479 e. The van der Waals surface area contributed by atoms with E-state index in [1.54, 1.807) is 11.8 Å². The number of carboxylic acids is 1. The van der Waals surface area contributed by atoms with E-state index in [2.05, 4.69) is 0 Å². The Kier molecular flexibility index (Phi) is 8.18. The van der Waals surface area contributed by atoms with Gasteiger partial charge in [0.15, 0.2) is 6.10 Å². The second-order valence-electron chi connectivity index (χ2n) is 2.41. The molecule has 2 N–H and O–H groups in total. The Balaban J connectivity index is 3.61. The predicted octanol–water partition coefficient (Wildman–Crippen LogP) is 0.592. The summed E-state index contributed by atoms with van der Waals surface area (Å²) in [5.41, 5.74) is 0. The Morgan fingerprint density at radius 1 is 1.62 bits per heavy atom. The third kappa shape index (κ3) is 6.86. The zero-order valence-electron chi connectivity index (χ0n) is 7.73. The maximum absolute atomic E-state index is 10.6. The van der Waals surface area contributed by atoms with Crippen molar-refractivity contribution in [1.29, 1.82) is 0 Å². The molecule has 5 heteroatoms. The third-order valence-electron chi connectivity index (χ3n) is 1.41. The number of rotatable bonds is 8. The number of carboxylic acid groups (broad SMARTS) is 1. The average molecular weight is 208 g/mol. The van der Waals surface area contributed by atoms with Crippen molar-refractivity contribution in [3.8, 4) is 0 Å². The molecule has 0 aromatic carbocycles. The van der Waals surface area contributed by atoms with Crippen molar-refractivity contribution < 1.29 is 19.7 Å². The lowest BCUT2D eigenvalue weighted by Crippen LogP contribution is -2.25. The average Bonchev–Trinajstić information content (AvgIpc) is 2.10. The number of ether oxygens (including phenoxy) is 1. The minimum absolute atomic E-state index is 0.0910. The molecule has 1 atom stereocenters. The topological polar surface area (TPSA) is 66.8 Å². The van der Waals surface area contributed by atoms with Crippen LogP contribution in [0.25, 0.3) is 0 Å². The van der Waals surface area contributed by atoms with Gasteiger partial charge < -0.3 is 14.9 Å². The molecule has 0 radical (unpaired) electrons. The van der Waals surface area contributed by atoms with Crippen LogP contribution in [-0.4, -0.2) is 47.0 Å². The van der Waals surface area contributed by atoms with Crippen LogP contribution in [0.4, 0.5) is 0 Å². The number of aliphatic hydroxyl groups is 1. The molecule has 0 bridgehead atoms. The van der Waals surface area contributed by atoms with Crippen LogP contribution in [0.2, 0.25) is 0 Å². The van der Waals surface area contributed by atoms with Crippen LogP contribution in [0.5, 0.6) is 0 Å². The van der Waals surface area contributed by atoms with Crippen molar-refractivity contribution in [1.82, 2.24) is 0 Å². The van der Waals surface area contributed by atoms with Gasteiger partial charge in [-0.1, -0.05) is 6.92 Å². The van der Waals surface area contributed by atoms with Crippen molar-refractivity contribution in [2.45, 2.75) is 19.4 Å². The third-order valence-corrected chi connectivity index (χ3v) is 2.35. The molecule has 0 saturated heterocycles. The van der Waals surface area contributed by atoms with E-state index in [1.165, 1.54) is 0 Å². The normalized spacial score (nSPS) is 12.8. The fourth-order valence-corrected chi connectivity index (χ4v) is 1.48. The highest BCUT2D eigenvalue weighted by molar-refractivity contribution is 7.99. The van der Waals surface area contributed by atoms with Crippen LogP contribution in [0.15, 0.2) is 0 Å². The maximum Gasteiger partial charge on any atom is 0.332 e. The van der Waals surface area contributed by atoms with Gasteiger partial charge in [0, 0.05) is 0 Å². The lowest BCUT2D eigenvalue weighted by molar-refractivity contribution is -0.151. The molecular weight excluding hydrogens is 192 g/mol. The van der Waals surface area contributed by atoms with Crippen LogP contribution >= 0.6 is 11.8 Å². The van der Waals surface area contributed by atoms with Gasteiger partial charge in [0.25, 0.3) is 0 Å². The highest BCUT2D eigenvalue weighted by atomic mass is 32.2. The molecule has 0 saturated carbocycles. The molecular formula is C8H16O4S. The SMILES string of the molecule is CCSCCC(OCCO)C(=O)O. The summed E-state index contributed by atoms with van der Waals surface area (Å²) < 4.78 is 4.94. The van der Waals surface area contributed by atoms with Crippen LogP contribution < -0.4 is 0 Å². The molecule has 0 aliphatic rings. The number of hydrogen-bond acceptors (Lipinski definition) is 4. The summed E-state index contributed by atoms with van der Waals surface area (Å²) in [5, 5.41) is 17.1. The van der Waals surface area contributed by atoms with E-state index in [9.17, 15) is 4.79 Å². The smallest absolute Gasteiger partial charge is 0.332 e. The minimum atomic E-state index is -0.954. The maximum atomic E-state index is 10.6. The summed E-state index contributed by atoms with van der Waals surface area (Å²) in [6.45, 7) is 1.98. The zero-order valence-corrected chi connectivity index (χ0v) is 8.55. The number of carbonyl (C=O) groups is 1. The highest BCUT2D eigenvalue weighted by Crippen LogP contribution is 2.07. The van der Waals surface area contributed by atoms with E-state index in [-0.39, 0.29) is 13.2 Å². The number of thioether (sulfide) groups is 1. The quantitative estimate of drug-likeness (QED) is 0.571. The van der Waals surface area contributed by atoms with Gasteiger partial charge in [0.05, 0.1) is 13.2 Å². The monoisotopic (exact) mass is 208 g/mol. The molecule has 4 nitrogen and oxygen atoms in total. The lowest BCUT2D eigenvalue weighted by Gasteiger charge is -2.11. The van der Waals surface area contributed by atoms with Gasteiger partial charge >= 0.3 is 5.97 Å². The second-order valence-corrected chi connectivity index (χ2v) is 3.80. The molecule has 0 aromatic heterocycles. The first-order valence-corrected chi connectivity index (χ1v) is 5.40. The summed E-state index contributed by atoms with van der Waals surface area (Å²) in [5.74, 6) is 0.802. The Hall–Kier alpha value is -0.260. The van der Waals surface area contributed by atoms with Gasteiger partial charge in [0.2, 0.25) is 0 Å².